The van der Waals surface area contributed by atoms with E-state index in [9.17, 15) is 9.18 Å². The minimum absolute atomic E-state index is 0.147. The molecule has 0 aliphatic heterocycles. The lowest BCUT2D eigenvalue weighted by Crippen LogP contribution is -2.06. The molecule has 2 rings (SSSR count). The summed E-state index contributed by atoms with van der Waals surface area (Å²) in [6.45, 7) is 3.96. The second-order valence-electron chi connectivity index (χ2n) is 4.49. The molecule has 0 aliphatic carbocycles. The molecule has 5 heteroatoms. The maximum absolute atomic E-state index is 13.3. The molecule has 0 radical (unpaired) electrons. The molecule has 0 unspecified atom stereocenters. The van der Waals surface area contributed by atoms with Crippen molar-refractivity contribution in [1.29, 1.82) is 0 Å². The van der Waals surface area contributed by atoms with Crippen LogP contribution in [0.1, 0.15) is 35.9 Å². The highest BCUT2D eigenvalue weighted by atomic mass is 19.1. The number of halogens is 1. The smallest absolute Gasteiger partial charge is 0.358 e. The summed E-state index contributed by atoms with van der Waals surface area (Å²) in [5, 5.41) is 4.19. The average Bonchev–Trinajstić information content (AvgIpc) is 2.83. The van der Waals surface area contributed by atoms with E-state index in [0.717, 1.165) is 5.69 Å². The number of carbonyl (C=O) groups is 1. The molecule has 0 amide bonds. The summed E-state index contributed by atoms with van der Waals surface area (Å²) in [5.74, 6) is -0.700. The van der Waals surface area contributed by atoms with Gasteiger partial charge >= 0.3 is 5.97 Å². The van der Waals surface area contributed by atoms with Crippen molar-refractivity contribution in [2.45, 2.75) is 19.8 Å². The molecule has 2 aromatic rings. The Bertz CT molecular complexity index is 605. The highest BCUT2D eigenvalue weighted by molar-refractivity contribution is 5.87. The van der Waals surface area contributed by atoms with Gasteiger partial charge in [-0.3, -0.25) is 0 Å². The van der Waals surface area contributed by atoms with Crippen LogP contribution in [0.4, 0.5) is 4.39 Å². The van der Waals surface area contributed by atoms with Crippen molar-refractivity contribution in [3.8, 4) is 5.69 Å². The molecule has 0 saturated carbocycles. The van der Waals surface area contributed by atoms with E-state index in [4.69, 9.17) is 0 Å². The zero-order chi connectivity index (χ0) is 14.0. The fourth-order valence-electron chi connectivity index (χ4n) is 1.83. The Balaban J connectivity index is 2.55. The number of nitrogens with zero attached hydrogens (tertiary/aromatic N) is 2. The lowest BCUT2D eigenvalue weighted by Gasteiger charge is -2.09. The zero-order valence-electron chi connectivity index (χ0n) is 11.1. The summed E-state index contributed by atoms with van der Waals surface area (Å²) in [5.41, 5.74) is 1.63. The first kappa shape index (κ1) is 13.3. The van der Waals surface area contributed by atoms with Gasteiger partial charge in [0.15, 0.2) is 5.69 Å². The van der Waals surface area contributed by atoms with Gasteiger partial charge in [0.2, 0.25) is 0 Å². The van der Waals surface area contributed by atoms with E-state index in [1.807, 2.05) is 13.8 Å². The second-order valence-corrected chi connectivity index (χ2v) is 4.49. The van der Waals surface area contributed by atoms with Gasteiger partial charge in [0.05, 0.1) is 12.8 Å². The SMILES string of the molecule is COC(=O)c1cc(C(C)C)n(-c2cccc(F)c2)n1. The first-order chi connectivity index (χ1) is 9.02. The molecule has 1 aromatic heterocycles. The van der Waals surface area contributed by atoms with Crippen LogP contribution in [0.3, 0.4) is 0 Å². The van der Waals surface area contributed by atoms with Gasteiger partial charge in [-0.05, 0) is 30.2 Å². The molecule has 0 N–H and O–H groups in total. The van der Waals surface area contributed by atoms with Crippen LogP contribution in [0.2, 0.25) is 0 Å². The van der Waals surface area contributed by atoms with Crippen molar-refractivity contribution in [1.82, 2.24) is 9.78 Å². The molecule has 1 aromatic carbocycles. The topological polar surface area (TPSA) is 44.1 Å². The molecule has 0 saturated heterocycles. The van der Waals surface area contributed by atoms with E-state index in [0.29, 0.717) is 5.69 Å². The van der Waals surface area contributed by atoms with Crippen molar-refractivity contribution in [3.63, 3.8) is 0 Å². The van der Waals surface area contributed by atoms with Gasteiger partial charge in [-0.2, -0.15) is 5.10 Å². The van der Waals surface area contributed by atoms with Crippen LogP contribution in [0.5, 0.6) is 0 Å². The summed E-state index contributed by atoms with van der Waals surface area (Å²) in [7, 11) is 1.30. The van der Waals surface area contributed by atoms with Crippen molar-refractivity contribution in [2.75, 3.05) is 7.11 Å². The highest BCUT2D eigenvalue weighted by Crippen LogP contribution is 2.21. The van der Waals surface area contributed by atoms with Gasteiger partial charge in [0.25, 0.3) is 0 Å². The standard InChI is InChI=1S/C14H15FN2O2/c1-9(2)13-8-12(14(18)19-3)16-17(13)11-6-4-5-10(15)7-11/h4-9H,1-3H3. The summed E-state index contributed by atoms with van der Waals surface area (Å²) in [6, 6.07) is 7.75. The van der Waals surface area contributed by atoms with Gasteiger partial charge in [0, 0.05) is 5.69 Å². The van der Waals surface area contributed by atoms with Crippen LogP contribution in [-0.2, 0) is 4.74 Å². The van der Waals surface area contributed by atoms with Crippen LogP contribution in [0, 0.1) is 5.82 Å². The molecule has 0 fully saturated rings. The fourth-order valence-corrected chi connectivity index (χ4v) is 1.83. The molecular formula is C14H15FN2O2. The molecule has 0 spiro atoms. The molecule has 1 heterocycles. The van der Waals surface area contributed by atoms with Crippen LogP contribution in [-0.4, -0.2) is 22.9 Å². The molecule has 100 valence electrons. The number of benzene rings is 1. The van der Waals surface area contributed by atoms with Crippen molar-refractivity contribution >= 4 is 5.97 Å². The molecule has 4 nitrogen and oxygen atoms in total. The Morgan fingerprint density at radius 1 is 1.37 bits per heavy atom. The number of hydrogen-bond donors (Lipinski definition) is 0. The molecule has 0 atom stereocenters. The summed E-state index contributed by atoms with van der Waals surface area (Å²) in [4.78, 5) is 11.5. The number of carbonyl (C=O) groups excluding carboxylic acids is 1. The highest BCUT2D eigenvalue weighted by Gasteiger charge is 2.17. The van der Waals surface area contributed by atoms with Gasteiger partial charge in [0.1, 0.15) is 5.82 Å². The quantitative estimate of drug-likeness (QED) is 0.799. The Labute approximate surface area is 110 Å². The maximum Gasteiger partial charge on any atom is 0.358 e. The minimum Gasteiger partial charge on any atom is -0.464 e. The van der Waals surface area contributed by atoms with E-state index in [-0.39, 0.29) is 17.4 Å². The monoisotopic (exact) mass is 262 g/mol. The third kappa shape index (κ3) is 2.65. The Hall–Kier alpha value is -2.17. The second kappa shape index (κ2) is 5.22. The van der Waals surface area contributed by atoms with E-state index in [1.165, 1.54) is 19.2 Å². The van der Waals surface area contributed by atoms with Crippen LogP contribution in [0.15, 0.2) is 30.3 Å². The van der Waals surface area contributed by atoms with Gasteiger partial charge in [-0.15, -0.1) is 0 Å². The van der Waals surface area contributed by atoms with Crippen LogP contribution < -0.4 is 0 Å². The fraction of sp³-hybridized carbons (Fsp3) is 0.286. The van der Waals surface area contributed by atoms with Crippen molar-refractivity contribution < 1.29 is 13.9 Å². The van der Waals surface area contributed by atoms with E-state index >= 15 is 0 Å². The number of aromatic nitrogens is 2. The third-order valence-electron chi connectivity index (χ3n) is 2.78. The van der Waals surface area contributed by atoms with Gasteiger partial charge < -0.3 is 4.74 Å². The Kier molecular flexibility index (Phi) is 3.64. The molecule has 0 bridgehead atoms. The number of hydrogen-bond acceptors (Lipinski definition) is 3. The molecule has 19 heavy (non-hydrogen) atoms. The first-order valence-corrected chi connectivity index (χ1v) is 5.97. The number of methoxy groups -OCH3 is 1. The predicted octanol–water partition coefficient (Wildman–Crippen LogP) is 2.92. The molecular weight excluding hydrogens is 247 g/mol. The lowest BCUT2D eigenvalue weighted by molar-refractivity contribution is 0.0593. The lowest BCUT2D eigenvalue weighted by atomic mass is 10.1. The Morgan fingerprint density at radius 3 is 2.68 bits per heavy atom. The normalized spacial score (nSPS) is 10.8. The average molecular weight is 262 g/mol. The first-order valence-electron chi connectivity index (χ1n) is 5.97. The van der Waals surface area contributed by atoms with E-state index < -0.39 is 5.97 Å². The predicted molar refractivity (Wildman–Crippen MR) is 69.0 cm³/mol. The van der Waals surface area contributed by atoms with E-state index in [1.54, 1.807) is 22.9 Å². The van der Waals surface area contributed by atoms with Gasteiger partial charge in [-0.1, -0.05) is 19.9 Å². The zero-order valence-corrected chi connectivity index (χ0v) is 11.1. The number of ether oxygens (including phenoxy) is 1. The van der Waals surface area contributed by atoms with Crippen LogP contribution >= 0.6 is 0 Å². The summed E-state index contributed by atoms with van der Waals surface area (Å²) in [6.07, 6.45) is 0. The number of esters is 1. The van der Waals surface area contributed by atoms with Crippen LogP contribution in [0.25, 0.3) is 5.69 Å². The summed E-state index contributed by atoms with van der Waals surface area (Å²) < 4.78 is 19.5. The van der Waals surface area contributed by atoms with Crippen molar-refractivity contribution in [3.05, 3.63) is 47.5 Å². The largest absolute Gasteiger partial charge is 0.464 e. The summed E-state index contributed by atoms with van der Waals surface area (Å²) >= 11 is 0. The number of rotatable bonds is 3. The molecule has 0 aliphatic rings. The maximum atomic E-state index is 13.3. The van der Waals surface area contributed by atoms with E-state index in [2.05, 4.69) is 9.84 Å². The Morgan fingerprint density at radius 2 is 2.11 bits per heavy atom. The van der Waals surface area contributed by atoms with Gasteiger partial charge in [-0.25, -0.2) is 13.9 Å². The minimum atomic E-state index is -0.503. The third-order valence-corrected chi connectivity index (χ3v) is 2.78. The van der Waals surface area contributed by atoms with Crippen molar-refractivity contribution in [2.24, 2.45) is 0 Å².